The number of halogens is 2. The van der Waals surface area contributed by atoms with Gasteiger partial charge >= 0.3 is 0 Å². The van der Waals surface area contributed by atoms with Gasteiger partial charge in [0.25, 0.3) is 0 Å². The molecule has 0 aliphatic rings. The minimum atomic E-state index is 0.428. The first-order valence-corrected chi connectivity index (χ1v) is 7.69. The normalized spacial score (nSPS) is 10.9. The van der Waals surface area contributed by atoms with Crippen LogP contribution in [-0.4, -0.2) is 6.04 Å². The van der Waals surface area contributed by atoms with Gasteiger partial charge < -0.3 is 10.1 Å². The van der Waals surface area contributed by atoms with E-state index in [0.29, 0.717) is 22.7 Å². The lowest BCUT2D eigenvalue weighted by molar-refractivity contribution is 0.306. The number of ether oxygens (including phenoxy) is 1. The lowest BCUT2D eigenvalue weighted by Crippen LogP contribution is -2.21. The standard InChI is InChI=1S/C17H19Cl2NO/c1-12(2)20-10-13-4-3-5-16(8-13)21-11-14-6-7-15(18)9-17(14)19/h3-9,12,20H,10-11H2,1-2H3. The van der Waals surface area contributed by atoms with E-state index in [1.165, 1.54) is 5.56 Å². The summed E-state index contributed by atoms with van der Waals surface area (Å²) in [6.07, 6.45) is 0. The van der Waals surface area contributed by atoms with E-state index in [-0.39, 0.29) is 0 Å². The number of hydrogen-bond donors (Lipinski definition) is 1. The predicted molar refractivity (Wildman–Crippen MR) is 89.2 cm³/mol. The molecule has 2 nitrogen and oxygen atoms in total. The summed E-state index contributed by atoms with van der Waals surface area (Å²) in [6.45, 7) is 5.51. The molecule has 0 amide bonds. The molecule has 0 atom stereocenters. The highest BCUT2D eigenvalue weighted by Gasteiger charge is 2.03. The van der Waals surface area contributed by atoms with Gasteiger partial charge in [-0.05, 0) is 29.8 Å². The van der Waals surface area contributed by atoms with Gasteiger partial charge in [0.15, 0.2) is 0 Å². The Morgan fingerprint density at radius 3 is 2.62 bits per heavy atom. The van der Waals surface area contributed by atoms with Crippen molar-refractivity contribution in [2.24, 2.45) is 0 Å². The summed E-state index contributed by atoms with van der Waals surface area (Å²) < 4.78 is 5.80. The second-order valence-electron chi connectivity index (χ2n) is 5.21. The third-order valence-electron chi connectivity index (χ3n) is 3.02. The second kappa shape index (κ2) is 7.69. The molecule has 0 aliphatic carbocycles. The van der Waals surface area contributed by atoms with Crippen LogP contribution in [0.4, 0.5) is 0 Å². The summed E-state index contributed by atoms with van der Waals surface area (Å²) in [4.78, 5) is 0. The largest absolute Gasteiger partial charge is 0.489 e. The van der Waals surface area contributed by atoms with Crippen LogP contribution in [0.3, 0.4) is 0 Å². The van der Waals surface area contributed by atoms with Gasteiger partial charge in [-0.2, -0.15) is 0 Å². The summed E-state index contributed by atoms with van der Waals surface area (Å²) in [5, 5.41) is 4.64. The van der Waals surface area contributed by atoms with Gasteiger partial charge in [-0.3, -0.25) is 0 Å². The molecule has 0 saturated carbocycles. The van der Waals surface area contributed by atoms with Crippen LogP contribution in [0.2, 0.25) is 10.0 Å². The maximum Gasteiger partial charge on any atom is 0.120 e. The van der Waals surface area contributed by atoms with E-state index >= 15 is 0 Å². The Kier molecular flexibility index (Phi) is 5.92. The fourth-order valence-corrected chi connectivity index (χ4v) is 2.33. The van der Waals surface area contributed by atoms with Crippen molar-refractivity contribution in [3.05, 3.63) is 63.6 Å². The van der Waals surface area contributed by atoms with Crippen LogP contribution in [-0.2, 0) is 13.2 Å². The molecule has 2 aromatic carbocycles. The molecule has 0 unspecified atom stereocenters. The Labute approximate surface area is 136 Å². The molecule has 0 spiro atoms. The van der Waals surface area contributed by atoms with Crippen LogP contribution in [0.15, 0.2) is 42.5 Å². The van der Waals surface area contributed by atoms with E-state index in [0.717, 1.165) is 17.9 Å². The first-order chi connectivity index (χ1) is 10.0. The molecule has 112 valence electrons. The fourth-order valence-electron chi connectivity index (χ4n) is 1.87. The minimum absolute atomic E-state index is 0.428. The molecule has 21 heavy (non-hydrogen) atoms. The Morgan fingerprint density at radius 1 is 1.10 bits per heavy atom. The predicted octanol–water partition coefficient (Wildman–Crippen LogP) is 5.07. The first-order valence-electron chi connectivity index (χ1n) is 6.93. The Bertz CT molecular complexity index is 599. The highest BCUT2D eigenvalue weighted by Crippen LogP contribution is 2.23. The van der Waals surface area contributed by atoms with Crippen LogP contribution in [0.5, 0.6) is 5.75 Å². The van der Waals surface area contributed by atoms with E-state index in [9.17, 15) is 0 Å². The van der Waals surface area contributed by atoms with Gasteiger partial charge in [-0.25, -0.2) is 0 Å². The van der Waals surface area contributed by atoms with Crippen molar-refractivity contribution in [3.8, 4) is 5.75 Å². The topological polar surface area (TPSA) is 21.3 Å². The van der Waals surface area contributed by atoms with Crippen LogP contribution >= 0.6 is 23.2 Å². The maximum absolute atomic E-state index is 6.14. The van der Waals surface area contributed by atoms with E-state index in [1.54, 1.807) is 6.07 Å². The van der Waals surface area contributed by atoms with Crippen LogP contribution in [0.1, 0.15) is 25.0 Å². The van der Waals surface area contributed by atoms with Gasteiger partial charge in [0.05, 0.1) is 0 Å². The molecule has 0 aliphatic heterocycles. The van der Waals surface area contributed by atoms with Crippen molar-refractivity contribution in [2.75, 3.05) is 0 Å². The summed E-state index contributed by atoms with van der Waals surface area (Å²) in [5.74, 6) is 0.837. The Balaban J connectivity index is 1.98. The Morgan fingerprint density at radius 2 is 1.90 bits per heavy atom. The van der Waals surface area contributed by atoms with Crippen molar-refractivity contribution in [2.45, 2.75) is 33.0 Å². The van der Waals surface area contributed by atoms with Gasteiger partial charge in [-0.15, -0.1) is 0 Å². The van der Waals surface area contributed by atoms with Crippen LogP contribution in [0.25, 0.3) is 0 Å². The monoisotopic (exact) mass is 323 g/mol. The van der Waals surface area contributed by atoms with E-state index in [1.807, 2.05) is 30.3 Å². The summed E-state index contributed by atoms with van der Waals surface area (Å²) in [7, 11) is 0. The highest BCUT2D eigenvalue weighted by molar-refractivity contribution is 6.35. The zero-order valence-corrected chi connectivity index (χ0v) is 13.7. The van der Waals surface area contributed by atoms with Gasteiger partial charge in [-0.1, -0.05) is 55.2 Å². The average molecular weight is 324 g/mol. The molecule has 0 fully saturated rings. The second-order valence-corrected chi connectivity index (χ2v) is 6.05. The van der Waals surface area contributed by atoms with Crippen LogP contribution in [0, 0.1) is 0 Å². The molecule has 2 aromatic rings. The molecule has 1 N–H and O–H groups in total. The third-order valence-corrected chi connectivity index (χ3v) is 3.61. The fraction of sp³-hybridized carbons (Fsp3) is 0.294. The van der Waals surface area contributed by atoms with Gasteiger partial charge in [0.2, 0.25) is 0 Å². The van der Waals surface area contributed by atoms with Gasteiger partial charge in [0, 0.05) is 28.2 Å². The molecule has 2 rings (SSSR count). The smallest absolute Gasteiger partial charge is 0.120 e. The first kappa shape index (κ1) is 16.2. The zero-order chi connectivity index (χ0) is 15.2. The SMILES string of the molecule is CC(C)NCc1cccc(OCc2ccc(Cl)cc2Cl)c1. The van der Waals surface area contributed by atoms with Crippen molar-refractivity contribution in [3.63, 3.8) is 0 Å². The molecule has 0 radical (unpaired) electrons. The molecule has 4 heteroatoms. The van der Waals surface area contributed by atoms with E-state index in [4.69, 9.17) is 27.9 Å². The van der Waals surface area contributed by atoms with E-state index < -0.39 is 0 Å². The lowest BCUT2D eigenvalue weighted by atomic mass is 10.2. The molecule has 0 aromatic heterocycles. The number of benzene rings is 2. The summed E-state index contributed by atoms with van der Waals surface area (Å²) in [5.41, 5.74) is 2.12. The van der Waals surface area contributed by atoms with Crippen LogP contribution < -0.4 is 10.1 Å². The van der Waals surface area contributed by atoms with Gasteiger partial charge in [0.1, 0.15) is 12.4 Å². The quantitative estimate of drug-likeness (QED) is 0.801. The van der Waals surface area contributed by atoms with Crippen molar-refractivity contribution < 1.29 is 4.74 Å². The van der Waals surface area contributed by atoms with Crippen molar-refractivity contribution in [1.82, 2.24) is 5.32 Å². The average Bonchev–Trinajstić information content (AvgIpc) is 2.45. The molecule has 0 heterocycles. The van der Waals surface area contributed by atoms with Crippen molar-refractivity contribution >= 4 is 23.2 Å². The molecular formula is C17H19Cl2NO. The van der Waals surface area contributed by atoms with Crippen molar-refractivity contribution in [1.29, 1.82) is 0 Å². The maximum atomic E-state index is 6.14. The number of nitrogens with one attached hydrogen (secondary N) is 1. The lowest BCUT2D eigenvalue weighted by Gasteiger charge is -2.11. The third kappa shape index (κ3) is 5.24. The van der Waals surface area contributed by atoms with E-state index in [2.05, 4.69) is 25.2 Å². The molecule has 0 bridgehead atoms. The highest BCUT2D eigenvalue weighted by atomic mass is 35.5. The molecular weight excluding hydrogens is 305 g/mol. The number of hydrogen-bond acceptors (Lipinski definition) is 2. The summed E-state index contributed by atoms with van der Waals surface area (Å²) >= 11 is 12.0. The Hall–Kier alpha value is -1.22. The summed E-state index contributed by atoms with van der Waals surface area (Å²) in [6, 6.07) is 14.0. The number of rotatable bonds is 6. The molecule has 0 saturated heterocycles. The minimum Gasteiger partial charge on any atom is -0.489 e. The zero-order valence-electron chi connectivity index (χ0n) is 12.2.